The van der Waals surface area contributed by atoms with Crippen LogP contribution < -0.4 is 15.4 Å². The molecular formula is C32H33N5O6S2. The van der Waals surface area contributed by atoms with E-state index in [1.165, 1.54) is 12.1 Å². The number of sulfonamides is 2. The first-order valence-corrected chi connectivity index (χ1v) is 17.4. The molecule has 3 aromatic carbocycles. The molecule has 0 spiro atoms. The predicted octanol–water partition coefficient (Wildman–Crippen LogP) is 4.81. The lowest BCUT2D eigenvalue weighted by Gasteiger charge is -2.41. The topological polar surface area (TPSA) is 178 Å². The Balaban J connectivity index is 1.63. The summed E-state index contributed by atoms with van der Waals surface area (Å²) in [7, 11) is -8.11. The van der Waals surface area contributed by atoms with E-state index in [1.807, 2.05) is 0 Å². The number of anilines is 2. The number of Topliss-reactive ketones (excluding diaryl/α,β-unsaturated/α-hetero) is 1. The molecule has 13 heteroatoms. The second kappa shape index (κ2) is 11.4. The summed E-state index contributed by atoms with van der Waals surface area (Å²) in [5, 5.41) is 27.1. The molecule has 0 aromatic heterocycles. The number of aliphatic hydroxyl groups excluding tert-OH is 1. The number of rotatable bonds is 8. The Hall–Kier alpha value is -4.51. The zero-order valence-corrected chi connectivity index (χ0v) is 26.8. The fourth-order valence-electron chi connectivity index (χ4n) is 5.43. The number of amidine groups is 1. The van der Waals surface area contributed by atoms with Gasteiger partial charge in [-0.1, -0.05) is 57.2 Å². The number of nitrogens with zero attached hydrogens (tertiary/aromatic N) is 2. The van der Waals surface area contributed by atoms with Crippen molar-refractivity contribution in [1.29, 1.82) is 5.26 Å². The molecule has 1 aliphatic heterocycles. The summed E-state index contributed by atoms with van der Waals surface area (Å²) in [4.78, 5) is 14.5. The van der Waals surface area contributed by atoms with Crippen LogP contribution in [0.2, 0.25) is 0 Å². The van der Waals surface area contributed by atoms with Crippen molar-refractivity contribution in [3.8, 4) is 6.07 Å². The van der Waals surface area contributed by atoms with Gasteiger partial charge in [-0.15, -0.1) is 4.40 Å². The molecule has 4 N–H and O–H groups in total. The average molecular weight is 648 g/mol. The van der Waals surface area contributed by atoms with Crippen LogP contribution in [0, 0.1) is 16.7 Å². The third-order valence-corrected chi connectivity index (χ3v) is 9.61. The van der Waals surface area contributed by atoms with Gasteiger partial charge in [0.25, 0.3) is 10.0 Å². The van der Waals surface area contributed by atoms with Gasteiger partial charge in [-0.2, -0.15) is 13.7 Å². The van der Waals surface area contributed by atoms with Gasteiger partial charge >= 0.3 is 0 Å². The smallest absolute Gasteiger partial charge is 0.286 e. The maximum absolute atomic E-state index is 14.8. The second-order valence-corrected chi connectivity index (χ2v) is 15.7. The number of carbonyl (C=O) groups is 1. The Kier molecular flexibility index (Phi) is 8.11. The second-order valence-electron chi connectivity index (χ2n) is 12.4. The number of fused-ring (bicyclic) bond motifs is 2. The first-order chi connectivity index (χ1) is 21.0. The Morgan fingerprint density at radius 1 is 1.07 bits per heavy atom. The van der Waals surface area contributed by atoms with Crippen LogP contribution in [0.1, 0.15) is 55.9 Å². The van der Waals surface area contributed by atoms with Crippen LogP contribution in [0.25, 0.3) is 5.76 Å². The molecule has 1 aliphatic carbocycles. The van der Waals surface area contributed by atoms with Gasteiger partial charge in [-0.05, 0) is 59.7 Å². The van der Waals surface area contributed by atoms with E-state index in [1.54, 1.807) is 48.5 Å². The largest absolute Gasteiger partial charge is 0.506 e. The molecule has 0 saturated heterocycles. The van der Waals surface area contributed by atoms with E-state index in [4.69, 9.17) is 0 Å². The number of nitrogens with one attached hydrogen (secondary N) is 3. The molecule has 2 aliphatic rings. The minimum Gasteiger partial charge on any atom is -0.506 e. The van der Waals surface area contributed by atoms with Crippen LogP contribution in [-0.2, 0) is 36.9 Å². The van der Waals surface area contributed by atoms with Crippen molar-refractivity contribution in [1.82, 2.24) is 5.32 Å². The highest BCUT2D eigenvalue weighted by Crippen LogP contribution is 2.44. The van der Waals surface area contributed by atoms with E-state index in [9.17, 15) is 32.0 Å². The molecule has 0 radical (unpaired) electrons. The number of carbonyl (C=O) groups excluding carboxylic acids is 1. The van der Waals surface area contributed by atoms with Crippen molar-refractivity contribution < 1.29 is 26.7 Å². The maximum Gasteiger partial charge on any atom is 0.286 e. The van der Waals surface area contributed by atoms with Gasteiger partial charge in [-0.3, -0.25) is 14.8 Å². The highest BCUT2D eigenvalue weighted by molar-refractivity contribution is 7.92. The summed E-state index contributed by atoms with van der Waals surface area (Å²) in [5.41, 5.74) is 0.464. The molecular weight excluding hydrogens is 615 g/mol. The number of ketones is 1. The quantitative estimate of drug-likeness (QED) is 0.267. The van der Waals surface area contributed by atoms with Gasteiger partial charge in [0.05, 0.1) is 23.6 Å². The Bertz CT molecular complexity index is 2020. The minimum absolute atomic E-state index is 0.0261. The molecule has 1 unspecified atom stereocenters. The highest BCUT2D eigenvalue weighted by Gasteiger charge is 2.49. The normalized spacial score (nSPS) is 19.1. The first-order valence-electron chi connectivity index (χ1n) is 14.1. The summed E-state index contributed by atoms with van der Waals surface area (Å²) in [5.74, 6) is -1.32. The van der Waals surface area contributed by atoms with Gasteiger partial charge in [0.2, 0.25) is 10.0 Å². The van der Waals surface area contributed by atoms with Gasteiger partial charge < -0.3 is 10.4 Å². The molecule has 234 valence electrons. The van der Waals surface area contributed by atoms with Gasteiger partial charge in [0.15, 0.2) is 11.6 Å². The SMILES string of the molecule is CC(C)(C)CCC1(NCc2ccc(C#N)cc2)C(=O)C(C2=NS(=O)(=O)c3cc(NS(C)(=O)=O)ccc3N2)=C(O)c2ccccc21. The maximum atomic E-state index is 14.8. The number of hydrogen-bond donors (Lipinski definition) is 4. The zero-order chi connectivity index (χ0) is 32.8. The molecule has 1 atom stereocenters. The molecule has 1 heterocycles. The molecule has 0 saturated carbocycles. The summed E-state index contributed by atoms with van der Waals surface area (Å²) < 4.78 is 56.4. The van der Waals surface area contributed by atoms with Crippen molar-refractivity contribution in [2.45, 2.75) is 50.6 Å². The van der Waals surface area contributed by atoms with E-state index in [2.05, 4.69) is 46.6 Å². The van der Waals surface area contributed by atoms with E-state index in [0.29, 0.717) is 29.5 Å². The fraction of sp³-hybridized carbons (Fsp3) is 0.281. The summed E-state index contributed by atoms with van der Waals surface area (Å²) in [6.45, 7) is 6.40. The molecule has 3 aromatic rings. The standard InChI is InChI=1S/C32H33N5O6S2/c1-31(2,3)15-16-32(34-19-21-11-9-20(18-33)10-12-21)24-8-6-5-7-23(24)28(38)27(29(32)39)30-35-25-14-13-22(36-44(4,40)41)17-26(25)45(42,43)37-30/h5-14,17,34,36,38H,15-16,19H2,1-4H3,(H,35,37). The van der Waals surface area contributed by atoms with Crippen LogP contribution in [-0.4, -0.2) is 39.8 Å². The highest BCUT2D eigenvalue weighted by atomic mass is 32.2. The van der Waals surface area contributed by atoms with Crippen molar-refractivity contribution in [3.63, 3.8) is 0 Å². The third kappa shape index (κ3) is 6.49. The molecule has 0 amide bonds. The lowest BCUT2D eigenvalue weighted by atomic mass is 9.69. The van der Waals surface area contributed by atoms with Crippen molar-refractivity contribution in [2.24, 2.45) is 9.81 Å². The Labute approximate surface area is 262 Å². The number of aliphatic hydroxyl groups is 1. The number of nitriles is 1. The Morgan fingerprint density at radius 3 is 2.40 bits per heavy atom. The fourth-order valence-corrected chi connectivity index (χ4v) is 7.13. The van der Waals surface area contributed by atoms with E-state index < -0.39 is 37.1 Å². The van der Waals surface area contributed by atoms with Crippen molar-refractivity contribution in [2.75, 3.05) is 16.3 Å². The first kappa shape index (κ1) is 31.9. The number of hydrogen-bond acceptors (Lipinski definition) is 9. The van der Waals surface area contributed by atoms with E-state index >= 15 is 0 Å². The van der Waals surface area contributed by atoms with Crippen LogP contribution in [0.3, 0.4) is 0 Å². The van der Waals surface area contributed by atoms with Gasteiger partial charge in [0, 0.05) is 17.8 Å². The van der Waals surface area contributed by atoms with E-state index in [0.717, 1.165) is 17.9 Å². The van der Waals surface area contributed by atoms with Crippen LogP contribution >= 0.6 is 0 Å². The monoisotopic (exact) mass is 647 g/mol. The molecule has 11 nitrogen and oxygen atoms in total. The zero-order valence-electron chi connectivity index (χ0n) is 25.2. The Morgan fingerprint density at radius 2 is 1.76 bits per heavy atom. The average Bonchev–Trinajstić information content (AvgIpc) is 2.96. The van der Waals surface area contributed by atoms with Crippen LogP contribution in [0.5, 0.6) is 0 Å². The summed E-state index contributed by atoms with van der Waals surface area (Å²) >= 11 is 0. The molecule has 0 bridgehead atoms. The lowest BCUT2D eigenvalue weighted by molar-refractivity contribution is -0.122. The molecule has 45 heavy (non-hydrogen) atoms. The van der Waals surface area contributed by atoms with E-state index in [-0.39, 0.29) is 39.6 Å². The minimum atomic E-state index is -4.43. The van der Waals surface area contributed by atoms with Crippen molar-refractivity contribution in [3.05, 3.63) is 94.6 Å². The lowest BCUT2D eigenvalue weighted by Crippen LogP contribution is -2.53. The third-order valence-electron chi connectivity index (χ3n) is 7.68. The predicted molar refractivity (Wildman–Crippen MR) is 173 cm³/mol. The van der Waals surface area contributed by atoms with Crippen molar-refractivity contribution >= 4 is 48.8 Å². The van der Waals surface area contributed by atoms with Crippen LogP contribution in [0.15, 0.2) is 81.6 Å². The van der Waals surface area contributed by atoms with Gasteiger partial charge in [-0.25, -0.2) is 8.42 Å². The summed E-state index contributed by atoms with van der Waals surface area (Å²) in [6.07, 6.45) is 1.85. The molecule has 0 fully saturated rings. The van der Waals surface area contributed by atoms with Crippen LogP contribution in [0.4, 0.5) is 11.4 Å². The van der Waals surface area contributed by atoms with Gasteiger partial charge in [0.1, 0.15) is 21.8 Å². The number of benzene rings is 3. The molecule has 5 rings (SSSR count). The summed E-state index contributed by atoms with van der Waals surface area (Å²) in [6, 6.07) is 19.9.